The topological polar surface area (TPSA) is 133 Å². The highest BCUT2D eigenvalue weighted by molar-refractivity contribution is 5.98. The number of nitrogens with one attached hydrogen (secondary N) is 2. The molecule has 2 rings (SSSR count). The largest absolute Gasteiger partial charge is 0.462 e. The van der Waals surface area contributed by atoms with Crippen LogP contribution in [0.25, 0.3) is 12.2 Å². The van der Waals surface area contributed by atoms with Crippen molar-refractivity contribution in [3.63, 3.8) is 0 Å². The second-order valence-corrected chi connectivity index (χ2v) is 8.65. The number of carbonyl (C=O) groups excluding carboxylic acids is 2. The van der Waals surface area contributed by atoms with Crippen LogP contribution < -0.4 is 10.6 Å². The quantitative estimate of drug-likeness (QED) is 0.198. The van der Waals surface area contributed by atoms with Gasteiger partial charge in [0, 0.05) is 23.5 Å². The maximum Gasteiger partial charge on any atom is 0.348 e. The van der Waals surface area contributed by atoms with Crippen molar-refractivity contribution in [2.45, 2.75) is 39.8 Å². The van der Waals surface area contributed by atoms with Crippen LogP contribution in [-0.2, 0) is 23.8 Å². The summed E-state index contributed by atoms with van der Waals surface area (Å²) >= 11 is 0. The van der Waals surface area contributed by atoms with Crippen LogP contribution in [0.5, 0.6) is 0 Å². The number of ether oxygens (including phenoxy) is 3. The minimum Gasteiger partial charge on any atom is -0.462 e. The summed E-state index contributed by atoms with van der Waals surface area (Å²) in [6, 6.07) is 18.6. The van der Waals surface area contributed by atoms with Gasteiger partial charge in [0.05, 0.1) is 26.4 Å². The Kier molecular flexibility index (Phi) is 12.8. The second-order valence-electron chi connectivity index (χ2n) is 8.65. The van der Waals surface area contributed by atoms with E-state index in [0.717, 1.165) is 22.5 Å². The number of hydrogen-bond acceptors (Lipinski definition) is 9. The van der Waals surface area contributed by atoms with E-state index in [4.69, 9.17) is 24.7 Å². The van der Waals surface area contributed by atoms with Crippen LogP contribution in [0.3, 0.4) is 0 Å². The molecular formula is C30H34N4O5. The number of benzene rings is 2. The van der Waals surface area contributed by atoms with Gasteiger partial charge in [0.25, 0.3) is 0 Å². The van der Waals surface area contributed by atoms with E-state index in [0.29, 0.717) is 13.2 Å². The summed E-state index contributed by atoms with van der Waals surface area (Å²) in [5.41, 5.74) is 3.14. The van der Waals surface area contributed by atoms with Gasteiger partial charge in [0.1, 0.15) is 23.3 Å². The van der Waals surface area contributed by atoms with E-state index in [9.17, 15) is 9.59 Å². The lowest BCUT2D eigenvalue weighted by molar-refractivity contribution is -0.138. The van der Waals surface area contributed by atoms with Crippen LogP contribution in [0.4, 0.5) is 11.4 Å². The number of rotatable bonds is 14. The fourth-order valence-electron chi connectivity index (χ4n) is 3.45. The first-order valence-corrected chi connectivity index (χ1v) is 12.7. The van der Waals surface area contributed by atoms with Gasteiger partial charge < -0.3 is 24.8 Å². The fraction of sp³-hybridized carbons (Fsp3) is 0.333. The molecule has 0 aliphatic carbocycles. The van der Waals surface area contributed by atoms with E-state index in [2.05, 4.69) is 10.6 Å². The summed E-state index contributed by atoms with van der Waals surface area (Å²) in [5, 5.41) is 25.1. The van der Waals surface area contributed by atoms with Crippen molar-refractivity contribution in [3.8, 4) is 12.1 Å². The van der Waals surface area contributed by atoms with Gasteiger partial charge in [-0.1, -0.05) is 24.3 Å². The van der Waals surface area contributed by atoms with E-state index < -0.39 is 11.9 Å². The van der Waals surface area contributed by atoms with Gasteiger partial charge in [-0.15, -0.1) is 0 Å². The Bertz CT molecular complexity index is 1140. The molecule has 2 atom stereocenters. The molecule has 0 aliphatic rings. The second kappa shape index (κ2) is 16.3. The van der Waals surface area contributed by atoms with E-state index in [-0.39, 0.29) is 36.4 Å². The van der Waals surface area contributed by atoms with Crippen LogP contribution in [0.1, 0.15) is 38.8 Å². The highest BCUT2D eigenvalue weighted by Crippen LogP contribution is 2.16. The van der Waals surface area contributed by atoms with Gasteiger partial charge in [-0.05, 0) is 75.2 Å². The molecule has 9 heteroatoms. The molecule has 0 bridgehead atoms. The number of nitriles is 2. The van der Waals surface area contributed by atoms with Gasteiger partial charge in [-0.2, -0.15) is 10.5 Å². The average Bonchev–Trinajstić information content (AvgIpc) is 2.92. The first-order chi connectivity index (χ1) is 18.8. The van der Waals surface area contributed by atoms with E-state index >= 15 is 0 Å². The zero-order valence-electron chi connectivity index (χ0n) is 22.7. The standard InChI is InChI=1S/C30H34N4O5/c1-5-38-29(35)25(17-31)15-23-7-11-27(12-8-23)33-21(3)19-37-20-22(4)34-28-13-9-24(10-14-28)16-26(18-32)30(36)39-6-2/h7-16,21-22,33-34H,5-6,19-20H2,1-4H3/b25-15+,26-16+. The van der Waals surface area contributed by atoms with Crippen molar-refractivity contribution in [1.82, 2.24) is 0 Å². The predicted molar refractivity (Wildman–Crippen MR) is 150 cm³/mol. The molecule has 0 saturated heterocycles. The molecule has 2 unspecified atom stereocenters. The maximum atomic E-state index is 11.8. The summed E-state index contributed by atoms with van der Waals surface area (Å²) < 4.78 is 15.6. The predicted octanol–water partition coefficient (Wildman–Crippen LogP) is 4.94. The smallest absolute Gasteiger partial charge is 0.348 e. The lowest BCUT2D eigenvalue weighted by Crippen LogP contribution is -2.27. The Morgan fingerprint density at radius 2 is 1.10 bits per heavy atom. The molecule has 0 aromatic heterocycles. The molecule has 0 spiro atoms. The van der Waals surface area contributed by atoms with Crippen LogP contribution in [0, 0.1) is 22.7 Å². The SMILES string of the molecule is CCOC(=O)/C(C#N)=C/c1ccc(NC(C)COCC(C)Nc2ccc(/C=C(\C#N)C(=O)OCC)cc2)cc1. The van der Waals surface area contributed by atoms with Gasteiger partial charge in [0.15, 0.2) is 0 Å². The Hall–Kier alpha value is -4.60. The number of hydrogen-bond donors (Lipinski definition) is 2. The minimum absolute atomic E-state index is 0.0445. The fourth-order valence-corrected chi connectivity index (χ4v) is 3.45. The third kappa shape index (κ3) is 10.7. The van der Waals surface area contributed by atoms with Crippen molar-refractivity contribution < 1.29 is 23.8 Å². The van der Waals surface area contributed by atoms with Crippen molar-refractivity contribution in [3.05, 3.63) is 70.8 Å². The summed E-state index contributed by atoms with van der Waals surface area (Å²) in [5.74, 6) is -1.27. The Balaban J connectivity index is 1.80. The van der Waals surface area contributed by atoms with Crippen LogP contribution >= 0.6 is 0 Å². The first kappa shape index (κ1) is 30.6. The molecule has 2 aromatic rings. The summed E-state index contributed by atoms with van der Waals surface area (Å²) in [6.07, 6.45) is 3.00. The summed E-state index contributed by atoms with van der Waals surface area (Å²) in [6.45, 7) is 8.82. The molecule has 0 amide bonds. The van der Waals surface area contributed by atoms with Crippen LogP contribution in [-0.4, -0.2) is 50.4 Å². The van der Waals surface area contributed by atoms with Crippen molar-refractivity contribution in [1.29, 1.82) is 10.5 Å². The lowest BCUT2D eigenvalue weighted by atomic mass is 10.1. The molecule has 0 radical (unpaired) electrons. The highest BCUT2D eigenvalue weighted by atomic mass is 16.5. The number of nitrogens with zero attached hydrogens (tertiary/aromatic N) is 2. The maximum absolute atomic E-state index is 11.8. The molecule has 204 valence electrons. The van der Waals surface area contributed by atoms with Crippen LogP contribution in [0.15, 0.2) is 59.7 Å². The van der Waals surface area contributed by atoms with E-state index in [1.165, 1.54) is 12.2 Å². The minimum atomic E-state index is -0.633. The van der Waals surface area contributed by atoms with Crippen LogP contribution in [0.2, 0.25) is 0 Å². The molecule has 2 N–H and O–H groups in total. The van der Waals surface area contributed by atoms with Crippen molar-refractivity contribution in [2.24, 2.45) is 0 Å². The van der Waals surface area contributed by atoms with Gasteiger partial charge in [0.2, 0.25) is 0 Å². The monoisotopic (exact) mass is 530 g/mol. The Morgan fingerprint density at radius 1 is 0.744 bits per heavy atom. The summed E-state index contributed by atoms with van der Waals surface area (Å²) in [7, 11) is 0. The first-order valence-electron chi connectivity index (χ1n) is 12.7. The molecule has 0 saturated carbocycles. The number of anilines is 2. The molecular weight excluding hydrogens is 496 g/mol. The Morgan fingerprint density at radius 3 is 1.41 bits per heavy atom. The van der Waals surface area contributed by atoms with Crippen molar-refractivity contribution >= 4 is 35.5 Å². The molecule has 2 aromatic carbocycles. The van der Waals surface area contributed by atoms with Gasteiger partial charge in [-0.3, -0.25) is 0 Å². The molecule has 0 fully saturated rings. The van der Waals surface area contributed by atoms with E-state index in [1.54, 1.807) is 13.8 Å². The van der Waals surface area contributed by atoms with Crippen molar-refractivity contribution in [2.75, 3.05) is 37.1 Å². The lowest BCUT2D eigenvalue weighted by Gasteiger charge is -2.19. The van der Waals surface area contributed by atoms with Gasteiger partial charge >= 0.3 is 11.9 Å². The third-order valence-electron chi connectivity index (χ3n) is 5.24. The number of carbonyl (C=O) groups is 2. The third-order valence-corrected chi connectivity index (χ3v) is 5.24. The highest BCUT2D eigenvalue weighted by Gasteiger charge is 2.11. The molecule has 9 nitrogen and oxygen atoms in total. The Labute approximate surface area is 229 Å². The molecule has 39 heavy (non-hydrogen) atoms. The molecule has 0 heterocycles. The zero-order chi connectivity index (χ0) is 28.6. The number of esters is 2. The normalized spacial score (nSPS) is 12.9. The van der Waals surface area contributed by atoms with E-state index in [1.807, 2.05) is 74.5 Å². The average molecular weight is 531 g/mol. The zero-order valence-corrected chi connectivity index (χ0v) is 22.7. The summed E-state index contributed by atoms with van der Waals surface area (Å²) in [4.78, 5) is 23.5. The van der Waals surface area contributed by atoms with Gasteiger partial charge in [-0.25, -0.2) is 9.59 Å². The molecule has 0 aliphatic heterocycles.